The first-order valence-corrected chi connectivity index (χ1v) is 14.1. The van der Waals surface area contributed by atoms with E-state index in [-0.39, 0.29) is 17.4 Å². The minimum absolute atomic E-state index is 0.263. The Morgan fingerprint density at radius 1 is 1.02 bits per heavy atom. The first-order valence-electron chi connectivity index (χ1n) is 14.1. The Labute approximate surface area is 234 Å². The number of fused-ring (bicyclic) bond motifs is 2. The highest BCUT2D eigenvalue weighted by Crippen LogP contribution is 2.49. The number of likely N-dealkylation sites (tertiary alicyclic amines) is 1. The number of rotatable bonds is 5. The molecule has 40 heavy (non-hydrogen) atoms. The molecule has 4 aliphatic rings. The molecule has 202 valence electrons. The molecule has 0 spiro atoms. The Morgan fingerprint density at radius 3 is 2.60 bits per heavy atom. The van der Waals surface area contributed by atoms with Crippen LogP contribution in [-0.2, 0) is 23.2 Å². The van der Waals surface area contributed by atoms with Crippen molar-refractivity contribution < 1.29 is 9.59 Å². The molecule has 1 aliphatic carbocycles. The molecule has 3 aliphatic heterocycles. The van der Waals surface area contributed by atoms with Gasteiger partial charge in [0.2, 0.25) is 0 Å². The van der Waals surface area contributed by atoms with Crippen molar-refractivity contribution >= 4 is 28.3 Å². The van der Waals surface area contributed by atoms with Crippen LogP contribution >= 0.6 is 0 Å². The number of hydrogen-bond donors (Lipinski definition) is 1. The Bertz CT molecular complexity index is 1650. The van der Waals surface area contributed by atoms with Crippen LogP contribution < -0.4 is 5.32 Å². The van der Waals surface area contributed by atoms with Crippen LogP contribution in [0.15, 0.2) is 96.0 Å². The maximum absolute atomic E-state index is 13.5. The number of hydrogen-bond acceptors (Lipinski definition) is 5. The summed E-state index contributed by atoms with van der Waals surface area (Å²) in [4.78, 5) is 36.3. The van der Waals surface area contributed by atoms with E-state index in [1.54, 1.807) is 0 Å². The van der Waals surface area contributed by atoms with Gasteiger partial charge in [0.05, 0.1) is 22.4 Å². The summed E-state index contributed by atoms with van der Waals surface area (Å²) in [5, 5.41) is 3.59. The second kappa shape index (κ2) is 9.45. The number of piperidine rings is 1. The lowest BCUT2D eigenvalue weighted by Crippen LogP contribution is -2.51. The third-order valence-corrected chi connectivity index (χ3v) is 9.05. The number of aromatic nitrogens is 2. The average Bonchev–Trinajstić information content (AvgIpc) is 3.57. The fraction of sp³-hybridized carbons (Fsp3) is 0.303. The number of amides is 2. The molecule has 1 fully saturated rings. The molecular weight excluding hydrogens is 498 g/mol. The lowest BCUT2D eigenvalue weighted by atomic mass is 9.79. The molecule has 2 amide bonds. The molecule has 0 saturated carbocycles. The van der Waals surface area contributed by atoms with Crippen molar-refractivity contribution in [1.29, 1.82) is 0 Å². The van der Waals surface area contributed by atoms with Crippen LogP contribution in [0.25, 0.3) is 16.5 Å². The summed E-state index contributed by atoms with van der Waals surface area (Å²) in [7, 11) is 1.98. The molecule has 0 radical (unpaired) electrons. The van der Waals surface area contributed by atoms with Gasteiger partial charge in [0.25, 0.3) is 11.8 Å². The van der Waals surface area contributed by atoms with Gasteiger partial charge in [-0.15, -0.1) is 0 Å². The average molecular weight is 532 g/mol. The lowest BCUT2D eigenvalue weighted by molar-refractivity contribution is -0.123. The van der Waals surface area contributed by atoms with Crippen LogP contribution in [0.5, 0.6) is 0 Å². The van der Waals surface area contributed by atoms with Gasteiger partial charge in [0.1, 0.15) is 0 Å². The second-order valence-corrected chi connectivity index (χ2v) is 11.5. The van der Waals surface area contributed by atoms with E-state index < -0.39 is 0 Å². The predicted octanol–water partition coefficient (Wildman–Crippen LogP) is 4.49. The van der Waals surface area contributed by atoms with Gasteiger partial charge < -0.3 is 9.47 Å². The normalized spacial score (nSPS) is 23.6. The van der Waals surface area contributed by atoms with Gasteiger partial charge >= 0.3 is 0 Å². The van der Waals surface area contributed by atoms with E-state index in [1.807, 2.05) is 60.4 Å². The van der Waals surface area contributed by atoms with E-state index in [0.717, 1.165) is 72.2 Å². The fourth-order valence-electron chi connectivity index (χ4n) is 7.02. The van der Waals surface area contributed by atoms with Gasteiger partial charge in [0, 0.05) is 73.4 Å². The molecule has 3 aromatic rings. The molecule has 2 aromatic heterocycles. The zero-order valence-electron chi connectivity index (χ0n) is 22.9. The number of pyridine rings is 1. The summed E-state index contributed by atoms with van der Waals surface area (Å²) in [6, 6.07) is 14.5. The van der Waals surface area contributed by atoms with Gasteiger partial charge in [0.15, 0.2) is 0 Å². The van der Waals surface area contributed by atoms with Gasteiger partial charge in [-0.25, -0.2) is 0 Å². The van der Waals surface area contributed by atoms with E-state index in [4.69, 9.17) is 0 Å². The molecule has 7 nitrogen and oxygen atoms in total. The molecule has 5 heterocycles. The zero-order chi connectivity index (χ0) is 27.4. The fourth-order valence-corrected chi connectivity index (χ4v) is 7.02. The standard InChI is InChI=1S/C33H33N5O2/c1-33-15-7-5-11-27(33)26(21-38(33)23-13-17-37(18-14-23)19-22-9-6-8-16-34-22)30-29(31(39)35-32(30)40)25-20-36(2)28-12-4-3-10-24(25)28/h3-12,16,20-21,23H,13-15,17-19H2,1-2H3,(H,35,39,40). The van der Waals surface area contributed by atoms with Crippen molar-refractivity contribution in [3.8, 4) is 0 Å². The maximum Gasteiger partial charge on any atom is 0.259 e. The summed E-state index contributed by atoms with van der Waals surface area (Å²) in [6.07, 6.45) is 15.4. The molecule has 7 rings (SSSR count). The number of benzene rings is 1. The molecule has 0 bridgehead atoms. The molecule has 1 N–H and O–H groups in total. The molecule has 7 heteroatoms. The Balaban J connectivity index is 1.26. The SMILES string of the molecule is Cn1cc(C2=C(C3=CN(C4CCN(Cc5ccccn5)CC4)C4(C)CC=CC=C34)C(=O)NC2=O)c2ccccc21. The van der Waals surface area contributed by atoms with Crippen LogP contribution in [0, 0.1) is 0 Å². The van der Waals surface area contributed by atoms with Crippen molar-refractivity contribution in [2.75, 3.05) is 13.1 Å². The Kier molecular flexibility index (Phi) is 5.86. The second-order valence-electron chi connectivity index (χ2n) is 11.5. The van der Waals surface area contributed by atoms with Crippen LogP contribution in [0.4, 0.5) is 0 Å². The van der Waals surface area contributed by atoms with Gasteiger partial charge in [-0.1, -0.05) is 42.5 Å². The highest BCUT2D eigenvalue weighted by Gasteiger charge is 2.48. The number of nitrogens with zero attached hydrogens (tertiary/aromatic N) is 4. The summed E-state index contributed by atoms with van der Waals surface area (Å²) >= 11 is 0. The van der Waals surface area contributed by atoms with E-state index in [9.17, 15) is 9.59 Å². The number of carbonyl (C=O) groups excluding carboxylic acids is 2. The third-order valence-electron chi connectivity index (χ3n) is 9.05. The van der Waals surface area contributed by atoms with E-state index in [1.165, 1.54) is 0 Å². The summed E-state index contributed by atoms with van der Waals surface area (Å²) in [5.41, 5.74) is 5.61. The van der Waals surface area contributed by atoms with Gasteiger partial charge in [-0.05, 0) is 50.0 Å². The summed E-state index contributed by atoms with van der Waals surface area (Å²) < 4.78 is 2.02. The van der Waals surface area contributed by atoms with Crippen molar-refractivity contribution in [3.05, 3.63) is 107 Å². The molecule has 1 saturated heterocycles. The first kappa shape index (κ1) is 24.8. The third kappa shape index (κ3) is 3.87. The maximum atomic E-state index is 13.5. The van der Waals surface area contributed by atoms with Crippen molar-refractivity contribution in [3.63, 3.8) is 0 Å². The topological polar surface area (TPSA) is 70.5 Å². The molecular formula is C33H33N5O2. The van der Waals surface area contributed by atoms with Crippen molar-refractivity contribution in [1.82, 2.24) is 24.7 Å². The highest BCUT2D eigenvalue weighted by molar-refractivity contribution is 6.39. The number of para-hydroxylation sites is 1. The van der Waals surface area contributed by atoms with Crippen LogP contribution in [0.1, 0.15) is 37.4 Å². The van der Waals surface area contributed by atoms with E-state index in [2.05, 4.69) is 57.5 Å². The van der Waals surface area contributed by atoms with Crippen LogP contribution in [0.3, 0.4) is 0 Å². The lowest BCUT2D eigenvalue weighted by Gasteiger charge is -2.46. The number of carbonyl (C=O) groups is 2. The summed E-state index contributed by atoms with van der Waals surface area (Å²) in [6.45, 7) is 5.13. The monoisotopic (exact) mass is 531 g/mol. The number of nitrogens with one attached hydrogen (secondary N) is 1. The predicted molar refractivity (Wildman–Crippen MR) is 156 cm³/mol. The van der Waals surface area contributed by atoms with Crippen LogP contribution in [-0.4, -0.2) is 55.8 Å². The molecule has 1 aromatic carbocycles. The van der Waals surface area contributed by atoms with E-state index in [0.29, 0.717) is 17.2 Å². The Hall–Kier alpha value is -4.23. The first-order chi connectivity index (χ1) is 19.4. The Morgan fingerprint density at radius 2 is 1.80 bits per heavy atom. The van der Waals surface area contributed by atoms with Gasteiger partial charge in [-0.3, -0.25) is 24.8 Å². The highest BCUT2D eigenvalue weighted by atomic mass is 16.2. The minimum Gasteiger partial charge on any atom is -0.364 e. The van der Waals surface area contributed by atoms with Crippen LogP contribution in [0.2, 0.25) is 0 Å². The van der Waals surface area contributed by atoms with Gasteiger partial charge in [-0.2, -0.15) is 0 Å². The van der Waals surface area contributed by atoms with Crippen molar-refractivity contribution in [2.24, 2.45) is 7.05 Å². The van der Waals surface area contributed by atoms with E-state index >= 15 is 0 Å². The molecule has 1 atom stereocenters. The number of allylic oxidation sites excluding steroid dienone is 2. The number of aryl methyl sites for hydroxylation is 1. The quantitative estimate of drug-likeness (QED) is 0.492. The summed E-state index contributed by atoms with van der Waals surface area (Å²) in [5.74, 6) is -0.642. The smallest absolute Gasteiger partial charge is 0.259 e. The molecule has 1 unspecified atom stereocenters. The number of imide groups is 1. The minimum atomic E-state index is -0.327. The van der Waals surface area contributed by atoms with Crippen molar-refractivity contribution in [2.45, 2.75) is 44.3 Å². The zero-order valence-corrected chi connectivity index (χ0v) is 22.9. The largest absolute Gasteiger partial charge is 0.364 e.